The Morgan fingerprint density at radius 1 is 1.12 bits per heavy atom. The molecule has 2 amide bonds. The monoisotopic (exact) mass is 357 g/mol. The van der Waals surface area contributed by atoms with Crippen LogP contribution in [0.1, 0.15) is 28.8 Å². The van der Waals surface area contributed by atoms with Crippen molar-refractivity contribution in [2.45, 2.75) is 19.3 Å². The highest BCUT2D eigenvalue weighted by Gasteiger charge is 2.23. The molecule has 0 unspecified atom stereocenters. The van der Waals surface area contributed by atoms with Crippen LogP contribution in [0.15, 0.2) is 42.5 Å². The van der Waals surface area contributed by atoms with Crippen LogP contribution in [0.3, 0.4) is 0 Å². The molecule has 25 heavy (non-hydrogen) atoms. The minimum atomic E-state index is -0.225. The van der Waals surface area contributed by atoms with E-state index < -0.39 is 0 Å². The number of nitrogens with two attached hydrogens (primary N) is 1. The lowest BCUT2D eigenvalue weighted by molar-refractivity contribution is -0.115. The fourth-order valence-electron chi connectivity index (χ4n) is 2.48. The lowest BCUT2D eigenvalue weighted by Crippen LogP contribution is -2.27. The topological polar surface area (TPSA) is 84.2 Å². The van der Waals surface area contributed by atoms with E-state index >= 15 is 0 Å². The number of nitrogens with one attached hydrogen (secondary N) is 2. The van der Waals surface area contributed by atoms with Gasteiger partial charge < -0.3 is 16.4 Å². The van der Waals surface area contributed by atoms with Crippen LogP contribution in [-0.4, -0.2) is 18.4 Å². The summed E-state index contributed by atoms with van der Waals surface area (Å²) in [5.41, 5.74) is 7.97. The van der Waals surface area contributed by atoms with E-state index in [0.29, 0.717) is 34.4 Å². The van der Waals surface area contributed by atoms with Gasteiger partial charge in [0.05, 0.1) is 17.7 Å². The fraction of sp³-hybridized carbons (Fsp3) is 0.263. The Hall–Kier alpha value is -2.53. The van der Waals surface area contributed by atoms with E-state index in [0.717, 1.165) is 18.4 Å². The van der Waals surface area contributed by atoms with Gasteiger partial charge in [0.25, 0.3) is 5.91 Å². The summed E-state index contributed by atoms with van der Waals surface area (Å²) in [6, 6.07) is 12.0. The van der Waals surface area contributed by atoms with Crippen molar-refractivity contribution >= 4 is 34.8 Å². The van der Waals surface area contributed by atoms with Crippen LogP contribution in [0.5, 0.6) is 0 Å². The lowest BCUT2D eigenvalue weighted by atomic mass is 10.1. The van der Waals surface area contributed by atoms with Crippen molar-refractivity contribution in [3.63, 3.8) is 0 Å². The zero-order valence-electron chi connectivity index (χ0n) is 13.7. The first kappa shape index (κ1) is 17.3. The number of halogens is 1. The summed E-state index contributed by atoms with van der Waals surface area (Å²) in [6.07, 6.45) is 2.51. The summed E-state index contributed by atoms with van der Waals surface area (Å²) in [6.45, 7) is 0.657. The molecule has 3 rings (SSSR count). The Kier molecular flexibility index (Phi) is 5.24. The van der Waals surface area contributed by atoms with Crippen molar-refractivity contribution in [1.29, 1.82) is 0 Å². The molecule has 0 saturated heterocycles. The van der Waals surface area contributed by atoms with E-state index in [1.165, 1.54) is 0 Å². The van der Waals surface area contributed by atoms with Gasteiger partial charge in [0.2, 0.25) is 5.91 Å². The van der Waals surface area contributed by atoms with Gasteiger partial charge in [-0.15, -0.1) is 0 Å². The molecule has 2 aromatic carbocycles. The first-order valence-corrected chi connectivity index (χ1v) is 8.61. The van der Waals surface area contributed by atoms with Crippen molar-refractivity contribution in [2.24, 2.45) is 5.92 Å². The smallest absolute Gasteiger partial charge is 0.253 e. The highest BCUT2D eigenvalue weighted by molar-refractivity contribution is 6.31. The van der Waals surface area contributed by atoms with E-state index in [1.54, 1.807) is 42.5 Å². The summed E-state index contributed by atoms with van der Waals surface area (Å²) in [5, 5.41) is 6.14. The number of nitrogen functional groups attached to an aromatic ring is 1. The van der Waals surface area contributed by atoms with E-state index in [1.807, 2.05) is 0 Å². The van der Waals surface area contributed by atoms with Crippen molar-refractivity contribution in [3.8, 4) is 0 Å². The minimum absolute atomic E-state index is 0.200. The van der Waals surface area contributed by atoms with Gasteiger partial charge in [-0.25, -0.2) is 0 Å². The molecule has 1 fully saturated rings. The Bertz CT molecular complexity index is 786. The molecule has 4 N–H and O–H groups in total. The maximum atomic E-state index is 12.4. The van der Waals surface area contributed by atoms with Gasteiger partial charge in [-0.2, -0.15) is 0 Å². The molecule has 0 bridgehead atoms. The molecule has 6 heteroatoms. The van der Waals surface area contributed by atoms with Crippen LogP contribution in [-0.2, 0) is 11.2 Å². The average Bonchev–Trinajstić information content (AvgIpc) is 3.41. The highest BCUT2D eigenvalue weighted by atomic mass is 35.5. The lowest BCUT2D eigenvalue weighted by Gasteiger charge is -2.12. The first-order valence-electron chi connectivity index (χ1n) is 8.23. The molecule has 1 aliphatic rings. The predicted octanol–water partition coefficient (Wildman–Crippen LogP) is 3.24. The summed E-state index contributed by atoms with van der Waals surface area (Å²) in [5.74, 6) is 0.146. The molecule has 1 saturated carbocycles. The zero-order valence-corrected chi connectivity index (χ0v) is 14.5. The zero-order chi connectivity index (χ0) is 17.8. The average molecular weight is 358 g/mol. The first-order chi connectivity index (χ1) is 12.0. The van der Waals surface area contributed by atoms with Crippen LogP contribution < -0.4 is 16.4 Å². The molecule has 130 valence electrons. The molecule has 0 aliphatic heterocycles. The van der Waals surface area contributed by atoms with Crippen LogP contribution in [0.4, 0.5) is 11.4 Å². The Morgan fingerprint density at radius 3 is 2.52 bits per heavy atom. The molecule has 0 aromatic heterocycles. The largest absolute Gasteiger partial charge is 0.399 e. The molecule has 0 radical (unpaired) electrons. The molecular formula is C19H20ClN3O2. The molecule has 0 atom stereocenters. The molecule has 1 aliphatic carbocycles. The van der Waals surface area contributed by atoms with E-state index in [2.05, 4.69) is 10.6 Å². The van der Waals surface area contributed by atoms with E-state index in [-0.39, 0.29) is 18.2 Å². The van der Waals surface area contributed by atoms with Gasteiger partial charge >= 0.3 is 0 Å². The number of amides is 2. The number of hydrogen-bond acceptors (Lipinski definition) is 3. The SMILES string of the molecule is Nc1ccc(CC(=O)Nc2ccc(Cl)cc2C(=O)NCC2CC2)cc1. The number of carbonyl (C=O) groups is 2. The molecule has 0 spiro atoms. The number of carbonyl (C=O) groups excluding carboxylic acids is 2. The van der Waals surface area contributed by atoms with Gasteiger partial charge in [0, 0.05) is 17.3 Å². The van der Waals surface area contributed by atoms with Crippen molar-refractivity contribution < 1.29 is 9.59 Å². The summed E-state index contributed by atoms with van der Waals surface area (Å²) < 4.78 is 0. The van der Waals surface area contributed by atoms with Crippen molar-refractivity contribution in [2.75, 3.05) is 17.6 Å². The third-order valence-corrected chi connectivity index (χ3v) is 4.33. The molecule has 0 heterocycles. The number of hydrogen-bond donors (Lipinski definition) is 3. The van der Waals surface area contributed by atoms with E-state index in [9.17, 15) is 9.59 Å². The summed E-state index contributed by atoms with van der Waals surface area (Å²) in [7, 11) is 0. The van der Waals surface area contributed by atoms with Gasteiger partial charge in [0.15, 0.2) is 0 Å². The van der Waals surface area contributed by atoms with Gasteiger partial charge in [0.1, 0.15) is 0 Å². The fourth-order valence-corrected chi connectivity index (χ4v) is 2.65. The summed E-state index contributed by atoms with van der Waals surface area (Å²) >= 11 is 6.01. The molecule has 5 nitrogen and oxygen atoms in total. The highest BCUT2D eigenvalue weighted by Crippen LogP contribution is 2.28. The third-order valence-electron chi connectivity index (χ3n) is 4.09. The van der Waals surface area contributed by atoms with E-state index in [4.69, 9.17) is 17.3 Å². The second-order valence-corrected chi connectivity index (χ2v) is 6.75. The number of rotatable bonds is 6. The Balaban J connectivity index is 1.68. The quantitative estimate of drug-likeness (QED) is 0.694. The summed E-state index contributed by atoms with van der Waals surface area (Å²) in [4.78, 5) is 24.7. The maximum absolute atomic E-state index is 12.4. The van der Waals surface area contributed by atoms with Crippen LogP contribution in [0.2, 0.25) is 5.02 Å². The van der Waals surface area contributed by atoms with Crippen LogP contribution >= 0.6 is 11.6 Å². The van der Waals surface area contributed by atoms with Crippen LogP contribution in [0, 0.1) is 5.92 Å². The molecular weight excluding hydrogens is 338 g/mol. The van der Waals surface area contributed by atoms with Gasteiger partial charge in [-0.3, -0.25) is 9.59 Å². The second-order valence-electron chi connectivity index (χ2n) is 6.31. The third kappa shape index (κ3) is 4.97. The van der Waals surface area contributed by atoms with Gasteiger partial charge in [-0.1, -0.05) is 23.7 Å². The van der Waals surface area contributed by atoms with Crippen LogP contribution in [0.25, 0.3) is 0 Å². The van der Waals surface area contributed by atoms with Crippen molar-refractivity contribution in [3.05, 3.63) is 58.6 Å². The molecule has 2 aromatic rings. The predicted molar refractivity (Wildman–Crippen MR) is 99.7 cm³/mol. The van der Waals surface area contributed by atoms with Crippen molar-refractivity contribution in [1.82, 2.24) is 5.32 Å². The van der Waals surface area contributed by atoms with Gasteiger partial charge in [-0.05, 0) is 54.7 Å². The normalized spacial score (nSPS) is 13.3. The maximum Gasteiger partial charge on any atom is 0.253 e. The number of benzene rings is 2. The standard InChI is InChI=1S/C19H20ClN3O2/c20-14-5-8-17(16(10-14)19(25)22-11-13-1-2-13)23-18(24)9-12-3-6-15(21)7-4-12/h3-8,10,13H,1-2,9,11,21H2,(H,22,25)(H,23,24). The Labute approximate surface area is 151 Å². The minimum Gasteiger partial charge on any atom is -0.399 e. The number of anilines is 2. The second kappa shape index (κ2) is 7.57. The Morgan fingerprint density at radius 2 is 1.84 bits per heavy atom.